The van der Waals surface area contributed by atoms with Gasteiger partial charge in [0, 0.05) is 5.56 Å². The molecule has 0 aliphatic carbocycles. The molecule has 3 aromatic carbocycles. The number of amides is 1. The van der Waals surface area contributed by atoms with Crippen LogP contribution >= 0.6 is 0 Å². The molecule has 1 N–H and O–H groups in total. The van der Waals surface area contributed by atoms with E-state index < -0.39 is 11.5 Å². The van der Waals surface area contributed by atoms with Crippen LogP contribution in [0.3, 0.4) is 0 Å². The van der Waals surface area contributed by atoms with Crippen molar-refractivity contribution in [2.75, 3.05) is 25.2 Å². The van der Waals surface area contributed by atoms with Crippen LogP contribution in [-0.2, 0) is 15.2 Å². The number of methoxy groups -OCH3 is 1. The molecule has 1 heterocycles. The van der Waals surface area contributed by atoms with Gasteiger partial charge in [-0.15, -0.1) is 0 Å². The van der Waals surface area contributed by atoms with E-state index in [0.717, 1.165) is 5.56 Å². The zero-order valence-electron chi connectivity index (χ0n) is 18.3. The Morgan fingerprint density at radius 3 is 2.39 bits per heavy atom. The van der Waals surface area contributed by atoms with Crippen molar-refractivity contribution in [1.29, 1.82) is 0 Å². The molecule has 33 heavy (non-hydrogen) atoms. The fraction of sp³-hybridized carbons (Fsp3) is 0.185. The third-order valence-electron chi connectivity index (χ3n) is 5.57. The van der Waals surface area contributed by atoms with E-state index in [1.54, 1.807) is 49.6 Å². The highest BCUT2D eigenvalue weighted by Gasteiger charge is 2.50. The van der Waals surface area contributed by atoms with E-state index in [-0.39, 0.29) is 25.4 Å². The van der Waals surface area contributed by atoms with Crippen molar-refractivity contribution in [1.82, 2.24) is 0 Å². The number of ketones is 1. The highest BCUT2D eigenvalue weighted by atomic mass is 16.5. The van der Waals surface area contributed by atoms with E-state index in [0.29, 0.717) is 22.7 Å². The Kier molecular flexibility index (Phi) is 6.56. The summed E-state index contributed by atoms with van der Waals surface area (Å²) in [5, 5.41) is 11.3. The minimum atomic E-state index is -1.92. The topological polar surface area (TPSA) is 76.1 Å². The Bertz CT molecular complexity index is 1170. The number of aliphatic hydroxyl groups is 1. The van der Waals surface area contributed by atoms with Gasteiger partial charge >= 0.3 is 0 Å². The van der Waals surface area contributed by atoms with Crippen molar-refractivity contribution in [2.45, 2.75) is 12.0 Å². The summed E-state index contributed by atoms with van der Waals surface area (Å²) in [6.07, 6.45) is 2.74. The first-order valence-corrected chi connectivity index (χ1v) is 10.7. The van der Waals surface area contributed by atoms with Gasteiger partial charge in [-0.2, -0.15) is 0 Å². The molecule has 168 valence electrons. The van der Waals surface area contributed by atoms with Gasteiger partial charge in [0.25, 0.3) is 5.91 Å². The third-order valence-corrected chi connectivity index (χ3v) is 5.57. The van der Waals surface area contributed by atoms with Crippen LogP contribution in [0.4, 0.5) is 5.69 Å². The smallest absolute Gasteiger partial charge is 0.264 e. The van der Waals surface area contributed by atoms with Crippen molar-refractivity contribution in [3.63, 3.8) is 0 Å². The summed E-state index contributed by atoms with van der Waals surface area (Å²) in [6, 6.07) is 23.6. The molecule has 0 radical (unpaired) electrons. The van der Waals surface area contributed by atoms with E-state index in [4.69, 9.17) is 9.47 Å². The lowest BCUT2D eigenvalue weighted by molar-refractivity contribution is -0.140. The minimum absolute atomic E-state index is 0.193. The monoisotopic (exact) mass is 443 g/mol. The van der Waals surface area contributed by atoms with Gasteiger partial charge in [-0.1, -0.05) is 66.7 Å². The second kappa shape index (κ2) is 9.71. The first kappa shape index (κ1) is 22.3. The van der Waals surface area contributed by atoms with Crippen LogP contribution in [0.2, 0.25) is 0 Å². The Morgan fingerprint density at radius 2 is 1.64 bits per heavy atom. The molecule has 1 aliphatic heterocycles. The number of hydrogen-bond acceptors (Lipinski definition) is 5. The fourth-order valence-electron chi connectivity index (χ4n) is 3.95. The number of anilines is 1. The van der Waals surface area contributed by atoms with Crippen molar-refractivity contribution >= 4 is 23.5 Å². The quantitative estimate of drug-likeness (QED) is 0.507. The summed E-state index contributed by atoms with van der Waals surface area (Å²) in [5.41, 5.74) is -0.0487. The van der Waals surface area contributed by atoms with Gasteiger partial charge in [0.05, 0.1) is 25.8 Å². The number of para-hydroxylation sites is 3. The zero-order valence-corrected chi connectivity index (χ0v) is 18.3. The molecule has 4 rings (SSSR count). The predicted molar refractivity (Wildman–Crippen MR) is 126 cm³/mol. The number of fused-ring (bicyclic) bond motifs is 1. The van der Waals surface area contributed by atoms with E-state index in [9.17, 15) is 14.7 Å². The molecule has 1 aliphatic rings. The molecule has 0 aromatic heterocycles. The van der Waals surface area contributed by atoms with Crippen LogP contribution in [0.25, 0.3) is 6.08 Å². The third kappa shape index (κ3) is 4.66. The summed E-state index contributed by atoms with van der Waals surface area (Å²) in [6.45, 7) is 0.405. The van der Waals surface area contributed by atoms with Gasteiger partial charge in [-0.05, 0) is 29.8 Å². The zero-order chi connectivity index (χ0) is 23.3. The minimum Gasteiger partial charge on any atom is -0.493 e. The molecule has 0 saturated heterocycles. The van der Waals surface area contributed by atoms with E-state index >= 15 is 0 Å². The number of allylic oxidation sites excluding steroid dienone is 1. The molecule has 0 saturated carbocycles. The number of nitrogens with zero attached hydrogens (tertiary/aromatic N) is 1. The lowest BCUT2D eigenvalue weighted by Crippen LogP contribution is -2.43. The van der Waals surface area contributed by atoms with Crippen molar-refractivity contribution in [2.24, 2.45) is 0 Å². The number of carbonyl (C=O) groups is 2. The van der Waals surface area contributed by atoms with Gasteiger partial charge in [0.1, 0.15) is 6.61 Å². The molecule has 1 atom stereocenters. The van der Waals surface area contributed by atoms with Crippen LogP contribution in [0, 0.1) is 0 Å². The molecular weight excluding hydrogens is 418 g/mol. The van der Waals surface area contributed by atoms with Crippen LogP contribution in [0.15, 0.2) is 84.9 Å². The molecule has 0 unspecified atom stereocenters. The van der Waals surface area contributed by atoms with Crippen molar-refractivity contribution < 1.29 is 24.2 Å². The predicted octanol–water partition coefficient (Wildman–Crippen LogP) is 3.98. The normalized spacial score (nSPS) is 17.3. The SMILES string of the molecule is COc1ccccc1OCCN1C(=O)[C@](O)(CC(=O)/C=C\c2ccccc2)c2ccccc21. The Hall–Kier alpha value is -3.90. The van der Waals surface area contributed by atoms with Crippen LogP contribution in [-0.4, -0.2) is 37.1 Å². The van der Waals surface area contributed by atoms with Crippen LogP contribution in [0.1, 0.15) is 17.5 Å². The summed E-state index contributed by atoms with van der Waals surface area (Å²) in [7, 11) is 1.56. The highest BCUT2D eigenvalue weighted by molar-refractivity contribution is 6.10. The lowest BCUT2D eigenvalue weighted by Gasteiger charge is -2.22. The van der Waals surface area contributed by atoms with Crippen LogP contribution in [0.5, 0.6) is 11.5 Å². The molecule has 0 bridgehead atoms. The molecule has 6 heteroatoms. The summed E-state index contributed by atoms with van der Waals surface area (Å²) in [5.74, 6) is 0.291. The largest absolute Gasteiger partial charge is 0.493 e. The van der Waals surface area contributed by atoms with Gasteiger partial charge in [-0.25, -0.2) is 0 Å². The van der Waals surface area contributed by atoms with E-state index in [1.165, 1.54) is 11.0 Å². The standard InChI is InChI=1S/C27H25NO5/c1-32-24-13-7-8-14-25(24)33-18-17-28-23-12-6-5-11-22(23)27(31,26(28)30)19-21(29)16-15-20-9-3-2-4-10-20/h2-16,31H,17-19H2,1H3/b16-15-/t27-/m0/s1. The fourth-order valence-corrected chi connectivity index (χ4v) is 3.95. The maximum atomic E-state index is 13.3. The second-order valence-electron chi connectivity index (χ2n) is 7.72. The van der Waals surface area contributed by atoms with E-state index in [1.807, 2.05) is 42.5 Å². The number of hydrogen-bond donors (Lipinski definition) is 1. The number of benzene rings is 3. The van der Waals surface area contributed by atoms with Crippen molar-refractivity contribution in [3.05, 3.63) is 96.1 Å². The summed E-state index contributed by atoms with van der Waals surface area (Å²) >= 11 is 0. The maximum Gasteiger partial charge on any atom is 0.264 e. The summed E-state index contributed by atoms with van der Waals surface area (Å²) < 4.78 is 11.1. The molecule has 1 amide bonds. The Balaban J connectivity index is 1.49. The number of carbonyl (C=O) groups excluding carboxylic acids is 2. The molecule has 0 fully saturated rings. The average Bonchev–Trinajstić information content (AvgIpc) is 3.05. The van der Waals surface area contributed by atoms with Gasteiger partial charge in [0.15, 0.2) is 22.9 Å². The average molecular weight is 443 g/mol. The number of ether oxygens (including phenoxy) is 2. The number of rotatable bonds is 9. The van der Waals surface area contributed by atoms with Crippen LogP contribution < -0.4 is 14.4 Å². The molecule has 6 nitrogen and oxygen atoms in total. The Morgan fingerprint density at radius 1 is 0.970 bits per heavy atom. The van der Waals surface area contributed by atoms with Gasteiger partial charge in [-0.3, -0.25) is 9.59 Å². The molecule has 3 aromatic rings. The van der Waals surface area contributed by atoms with Crippen molar-refractivity contribution in [3.8, 4) is 11.5 Å². The molecular formula is C27H25NO5. The second-order valence-corrected chi connectivity index (χ2v) is 7.72. The first-order valence-electron chi connectivity index (χ1n) is 10.7. The Labute approximate surface area is 192 Å². The van der Waals surface area contributed by atoms with Gasteiger partial charge < -0.3 is 19.5 Å². The highest BCUT2D eigenvalue weighted by Crippen LogP contribution is 2.42. The maximum absolute atomic E-state index is 13.3. The van der Waals surface area contributed by atoms with E-state index in [2.05, 4.69) is 0 Å². The van der Waals surface area contributed by atoms with Gasteiger partial charge in [0.2, 0.25) is 0 Å². The molecule has 0 spiro atoms. The lowest BCUT2D eigenvalue weighted by atomic mass is 9.90. The summed E-state index contributed by atoms with van der Waals surface area (Å²) in [4.78, 5) is 27.4. The first-order chi connectivity index (χ1) is 16.0.